The van der Waals surface area contributed by atoms with Crippen LogP contribution in [0.5, 0.6) is 0 Å². The third kappa shape index (κ3) is 3.12. The highest BCUT2D eigenvalue weighted by Gasteiger charge is 2.48. The minimum atomic E-state index is -0.942. The number of carbonyl (C=O) groups is 3. The summed E-state index contributed by atoms with van der Waals surface area (Å²) in [6, 6.07) is -0.369. The molecular weight excluding hydrogens is 328 g/mol. The van der Waals surface area contributed by atoms with Crippen LogP contribution >= 0.6 is 0 Å². The predicted octanol–water partition coefficient (Wildman–Crippen LogP) is 0.111. The maximum Gasteiger partial charge on any atom is 0.407 e. The lowest BCUT2D eigenvalue weighted by molar-refractivity contribution is -0.146. The molecule has 0 aliphatic carbocycles. The van der Waals surface area contributed by atoms with E-state index in [4.69, 9.17) is 4.74 Å². The zero-order valence-electron chi connectivity index (χ0n) is 14.9. The van der Waals surface area contributed by atoms with E-state index in [1.165, 1.54) is 12.0 Å². The maximum atomic E-state index is 12.8. The molecule has 1 N–H and O–H groups in total. The van der Waals surface area contributed by atoms with E-state index >= 15 is 0 Å². The van der Waals surface area contributed by atoms with Gasteiger partial charge in [-0.15, -0.1) is 0 Å². The Kier molecular flexibility index (Phi) is 4.77. The van der Waals surface area contributed by atoms with Crippen molar-refractivity contribution in [2.24, 2.45) is 0 Å². The fraction of sp³-hybridized carbons (Fsp3) is 0.812. The van der Waals surface area contributed by atoms with Crippen LogP contribution in [0, 0.1) is 0 Å². The van der Waals surface area contributed by atoms with Gasteiger partial charge in [0.05, 0.1) is 13.2 Å². The standard InChI is InChI=1S/C16H26N4O5/c1-10(2)19-8-11(6-13(19)14(21)25-3)20-9-12-7-17(16(23)24)4-5-18(12)15(20)22/h10-13H,4-9H2,1-3H3,(H,23,24)/t11-,12?,13-/m0/s1. The number of urea groups is 1. The highest BCUT2D eigenvalue weighted by Crippen LogP contribution is 2.30. The quantitative estimate of drug-likeness (QED) is 0.723. The number of piperazine rings is 1. The molecule has 1 unspecified atom stereocenters. The van der Waals surface area contributed by atoms with Gasteiger partial charge in [0, 0.05) is 44.8 Å². The van der Waals surface area contributed by atoms with Crippen LogP contribution in [-0.4, -0.2) is 107 Å². The van der Waals surface area contributed by atoms with Crippen molar-refractivity contribution in [1.82, 2.24) is 19.6 Å². The molecule has 3 heterocycles. The SMILES string of the molecule is COC(=O)[C@@H]1C[C@H](N2CC3CN(C(=O)O)CCN3C2=O)CN1C(C)C. The Morgan fingerprint density at radius 2 is 1.84 bits per heavy atom. The van der Waals surface area contributed by atoms with Crippen molar-refractivity contribution in [2.45, 2.75) is 44.4 Å². The van der Waals surface area contributed by atoms with Gasteiger partial charge in [0.2, 0.25) is 0 Å². The molecule has 3 aliphatic rings. The number of hydrogen-bond donors (Lipinski definition) is 1. The highest BCUT2D eigenvalue weighted by atomic mass is 16.5. The first-order valence-corrected chi connectivity index (χ1v) is 8.72. The molecule has 25 heavy (non-hydrogen) atoms. The third-order valence-corrected chi connectivity index (χ3v) is 5.55. The van der Waals surface area contributed by atoms with Crippen LogP contribution in [0.4, 0.5) is 9.59 Å². The van der Waals surface area contributed by atoms with Crippen molar-refractivity contribution >= 4 is 18.1 Å². The monoisotopic (exact) mass is 354 g/mol. The van der Waals surface area contributed by atoms with E-state index in [1.807, 2.05) is 18.7 Å². The van der Waals surface area contributed by atoms with Gasteiger partial charge in [0.15, 0.2) is 0 Å². The van der Waals surface area contributed by atoms with Crippen LogP contribution in [0.2, 0.25) is 0 Å². The summed E-state index contributed by atoms with van der Waals surface area (Å²) >= 11 is 0. The Morgan fingerprint density at radius 1 is 1.12 bits per heavy atom. The van der Waals surface area contributed by atoms with Crippen LogP contribution in [0.3, 0.4) is 0 Å². The molecule has 3 fully saturated rings. The van der Waals surface area contributed by atoms with Crippen molar-refractivity contribution in [3.8, 4) is 0 Å². The molecule has 3 amide bonds. The third-order valence-electron chi connectivity index (χ3n) is 5.55. The number of rotatable bonds is 3. The number of nitrogens with zero attached hydrogens (tertiary/aromatic N) is 4. The van der Waals surface area contributed by atoms with Crippen molar-refractivity contribution in [2.75, 3.05) is 39.8 Å². The van der Waals surface area contributed by atoms with Gasteiger partial charge in [0.25, 0.3) is 0 Å². The first-order valence-electron chi connectivity index (χ1n) is 8.72. The molecule has 140 valence electrons. The molecule has 0 spiro atoms. The fourth-order valence-corrected chi connectivity index (χ4v) is 4.21. The number of ether oxygens (including phenoxy) is 1. The molecular formula is C16H26N4O5. The molecule has 0 radical (unpaired) electrons. The lowest BCUT2D eigenvalue weighted by atomic mass is 10.1. The van der Waals surface area contributed by atoms with Gasteiger partial charge in [-0.3, -0.25) is 9.69 Å². The molecule has 0 aromatic heterocycles. The summed E-state index contributed by atoms with van der Waals surface area (Å²) in [4.78, 5) is 43.1. The lowest BCUT2D eigenvalue weighted by Crippen LogP contribution is -2.53. The van der Waals surface area contributed by atoms with E-state index in [1.54, 1.807) is 4.90 Å². The van der Waals surface area contributed by atoms with Gasteiger partial charge >= 0.3 is 18.1 Å². The normalized spacial score (nSPS) is 30.2. The Morgan fingerprint density at radius 3 is 2.44 bits per heavy atom. The second-order valence-corrected chi connectivity index (χ2v) is 7.23. The minimum Gasteiger partial charge on any atom is -0.468 e. The summed E-state index contributed by atoms with van der Waals surface area (Å²) < 4.78 is 4.92. The fourth-order valence-electron chi connectivity index (χ4n) is 4.21. The molecule has 9 nitrogen and oxygen atoms in total. The summed E-state index contributed by atoms with van der Waals surface area (Å²) in [5, 5.41) is 9.17. The number of carbonyl (C=O) groups excluding carboxylic acids is 2. The average molecular weight is 354 g/mol. The second-order valence-electron chi connectivity index (χ2n) is 7.23. The lowest BCUT2D eigenvalue weighted by Gasteiger charge is -2.34. The Labute approximate surface area is 147 Å². The Hall–Kier alpha value is -2.03. The number of amides is 3. The average Bonchev–Trinajstić information content (AvgIpc) is 3.15. The van der Waals surface area contributed by atoms with Gasteiger partial charge in [0.1, 0.15) is 6.04 Å². The van der Waals surface area contributed by atoms with Crippen LogP contribution in [0.15, 0.2) is 0 Å². The van der Waals surface area contributed by atoms with Gasteiger partial charge in [-0.1, -0.05) is 0 Å². The van der Waals surface area contributed by atoms with Crippen molar-refractivity contribution < 1.29 is 24.2 Å². The number of hydrogen-bond acceptors (Lipinski definition) is 5. The maximum absolute atomic E-state index is 12.8. The summed E-state index contributed by atoms with van der Waals surface area (Å²) in [6.07, 6.45) is -0.386. The molecule has 3 rings (SSSR count). The Bertz CT molecular complexity index is 569. The smallest absolute Gasteiger partial charge is 0.407 e. The van der Waals surface area contributed by atoms with E-state index < -0.39 is 6.09 Å². The first-order chi connectivity index (χ1) is 11.8. The van der Waals surface area contributed by atoms with Gasteiger partial charge < -0.3 is 24.5 Å². The molecule has 3 aliphatic heterocycles. The molecule has 3 atom stereocenters. The van der Waals surface area contributed by atoms with E-state index in [2.05, 4.69) is 4.90 Å². The first kappa shape index (κ1) is 17.8. The van der Waals surface area contributed by atoms with Gasteiger partial charge in [-0.25, -0.2) is 9.59 Å². The number of esters is 1. The molecule has 0 saturated carbocycles. The molecule has 9 heteroatoms. The van der Waals surface area contributed by atoms with Gasteiger partial charge in [-0.05, 0) is 20.3 Å². The van der Waals surface area contributed by atoms with E-state index in [0.29, 0.717) is 39.1 Å². The minimum absolute atomic E-state index is 0.0470. The summed E-state index contributed by atoms with van der Waals surface area (Å²) in [5.41, 5.74) is 0. The summed E-state index contributed by atoms with van der Waals surface area (Å²) in [5.74, 6) is -0.266. The largest absolute Gasteiger partial charge is 0.468 e. The van der Waals surface area contributed by atoms with Crippen LogP contribution < -0.4 is 0 Å². The second kappa shape index (κ2) is 6.70. The highest BCUT2D eigenvalue weighted by molar-refractivity contribution is 5.80. The van der Waals surface area contributed by atoms with Gasteiger partial charge in [-0.2, -0.15) is 0 Å². The van der Waals surface area contributed by atoms with Crippen molar-refractivity contribution in [3.63, 3.8) is 0 Å². The number of carboxylic acid groups (broad SMARTS) is 1. The molecule has 0 bridgehead atoms. The van der Waals surface area contributed by atoms with E-state index in [9.17, 15) is 19.5 Å². The predicted molar refractivity (Wildman–Crippen MR) is 88.2 cm³/mol. The van der Waals surface area contributed by atoms with E-state index in [-0.39, 0.29) is 36.2 Å². The molecule has 0 aromatic rings. The zero-order valence-corrected chi connectivity index (χ0v) is 14.9. The number of fused-ring (bicyclic) bond motifs is 1. The van der Waals surface area contributed by atoms with E-state index in [0.717, 1.165) is 0 Å². The number of methoxy groups -OCH3 is 1. The van der Waals surface area contributed by atoms with Crippen LogP contribution in [-0.2, 0) is 9.53 Å². The Balaban J connectivity index is 1.71. The van der Waals surface area contributed by atoms with Crippen molar-refractivity contribution in [3.05, 3.63) is 0 Å². The molecule has 0 aromatic carbocycles. The topological polar surface area (TPSA) is 93.6 Å². The summed E-state index contributed by atoms with van der Waals surface area (Å²) in [7, 11) is 1.38. The molecule has 3 saturated heterocycles. The zero-order chi connectivity index (χ0) is 18.3. The van der Waals surface area contributed by atoms with Crippen molar-refractivity contribution in [1.29, 1.82) is 0 Å². The number of likely N-dealkylation sites (tertiary alicyclic amines) is 1. The van der Waals surface area contributed by atoms with Crippen LogP contribution in [0.1, 0.15) is 20.3 Å². The van der Waals surface area contributed by atoms with Crippen LogP contribution in [0.25, 0.3) is 0 Å². The summed E-state index contributed by atoms with van der Waals surface area (Å²) in [6.45, 7) is 6.31.